The summed E-state index contributed by atoms with van der Waals surface area (Å²) < 4.78 is 26.9. The predicted octanol–water partition coefficient (Wildman–Crippen LogP) is 6.06. The molecule has 3 nitrogen and oxygen atoms in total. The van der Waals surface area contributed by atoms with Crippen molar-refractivity contribution in [2.45, 2.75) is 43.6 Å². The predicted molar refractivity (Wildman–Crippen MR) is 119 cm³/mol. The molecule has 0 radical (unpaired) electrons. The maximum Gasteiger partial charge on any atom is 0.233 e. The van der Waals surface area contributed by atoms with E-state index in [-0.39, 0.29) is 34.6 Å². The smallest absolute Gasteiger partial charge is 0.233 e. The van der Waals surface area contributed by atoms with Crippen molar-refractivity contribution in [3.05, 3.63) is 95.6 Å². The number of benzene rings is 3. The lowest BCUT2D eigenvalue weighted by atomic mass is 9.66. The van der Waals surface area contributed by atoms with Gasteiger partial charge in [0, 0.05) is 5.69 Å². The van der Waals surface area contributed by atoms with Crippen molar-refractivity contribution in [1.82, 2.24) is 0 Å². The van der Waals surface area contributed by atoms with Gasteiger partial charge >= 0.3 is 0 Å². The van der Waals surface area contributed by atoms with E-state index in [2.05, 4.69) is 0 Å². The van der Waals surface area contributed by atoms with Crippen molar-refractivity contribution >= 4 is 11.6 Å². The summed E-state index contributed by atoms with van der Waals surface area (Å²) in [5, 5.41) is 9.76. The van der Waals surface area contributed by atoms with Gasteiger partial charge in [0.05, 0.1) is 11.5 Å². The van der Waals surface area contributed by atoms with Crippen LogP contribution in [0, 0.1) is 17.6 Å². The molecule has 1 aliphatic heterocycles. The average molecular weight is 433 g/mol. The fourth-order valence-corrected chi connectivity index (χ4v) is 5.29. The van der Waals surface area contributed by atoms with Crippen LogP contribution in [-0.4, -0.2) is 11.0 Å². The van der Waals surface area contributed by atoms with Crippen molar-refractivity contribution in [3.8, 4) is 5.75 Å². The zero-order valence-corrected chi connectivity index (χ0v) is 17.9. The first-order valence-corrected chi connectivity index (χ1v) is 11.0. The summed E-state index contributed by atoms with van der Waals surface area (Å²) in [5.74, 6) is -0.647. The number of β-lactam (4-membered cyclic amide) rings is 1. The first-order chi connectivity index (χ1) is 15.3. The minimum atomic E-state index is -0.610. The fourth-order valence-electron chi connectivity index (χ4n) is 5.29. The zero-order valence-electron chi connectivity index (χ0n) is 17.9. The molecular formula is C27H25F2NO2. The Morgan fingerprint density at radius 3 is 1.97 bits per heavy atom. The Bertz CT molecular complexity index is 1140. The van der Waals surface area contributed by atoms with Gasteiger partial charge in [0.15, 0.2) is 0 Å². The third-order valence-corrected chi connectivity index (χ3v) is 7.42. The summed E-state index contributed by atoms with van der Waals surface area (Å²) in [4.78, 5) is 15.1. The van der Waals surface area contributed by atoms with Crippen LogP contribution in [0.5, 0.6) is 5.75 Å². The number of amides is 1. The van der Waals surface area contributed by atoms with Crippen LogP contribution in [0.4, 0.5) is 14.5 Å². The number of carbonyl (C=O) groups excluding carboxylic acids is 1. The minimum absolute atomic E-state index is 0.0140. The standard InChI is InChI=1S/C27H25F2NO2/c1-26(18-4-12-23(31)13-5-18)24(25(32)30(26)22-10-8-21(29)9-11-22)14-15-27(16-17-27)19-2-6-20(28)7-3-19/h2-13,24,31H,14-17H2,1H3/t24-,26?/m0/s1. The third kappa shape index (κ3) is 3.27. The van der Waals surface area contributed by atoms with E-state index >= 15 is 0 Å². The molecule has 1 aliphatic carbocycles. The highest BCUT2D eigenvalue weighted by molar-refractivity contribution is 6.05. The molecule has 1 heterocycles. The maximum atomic E-state index is 13.5. The number of hydrogen-bond acceptors (Lipinski definition) is 2. The largest absolute Gasteiger partial charge is 0.508 e. The SMILES string of the molecule is CC1(c2ccc(O)cc2)[C@@H](CCC2(c3ccc(F)cc3)CC2)C(=O)N1c1ccc(F)cc1. The lowest BCUT2D eigenvalue weighted by molar-refractivity contribution is -0.135. The van der Waals surface area contributed by atoms with Gasteiger partial charge in [0.2, 0.25) is 5.91 Å². The third-order valence-electron chi connectivity index (χ3n) is 7.42. The molecule has 2 fully saturated rings. The van der Waals surface area contributed by atoms with Crippen LogP contribution in [0.3, 0.4) is 0 Å². The van der Waals surface area contributed by atoms with E-state index in [9.17, 15) is 18.7 Å². The molecule has 3 aromatic carbocycles. The molecule has 1 saturated carbocycles. The summed E-state index contributed by atoms with van der Waals surface area (Å²) in [6.45, 7) is 2.03. The molecule has 3 aromatic rings. The summed E-state index contributed by atoms with van der Waals surface area (Å²) >= 11 is 0. The number of hydrogen-bond donors (Lipinski definition) is 1. The molecule has 5 heteroatoms. The molecule has 2 atom stereocenters. The van der Waals surface area contributed by atoms with E-state index < -0.39 is 5.54 Å². The summed E-state index contributed by atoms with van der Waals surface area (Å²) in [5.41, 5.74) is 2.12. The minimum Gasteiger partial charge on any atom is -0.508 e. The van der Waals surface area contributed by atoms with Gasteiger partial charge in [-0.25, -0.2) is 8.78 Å². The molecule has 1 saturated heterocycles. The number of nitrogens with zero attached hydrogens (tertiary/aromatic N) is 1. The second-order valence-corrected chi connectivity index (χ2v) is 9.22. The number of carbonyl (C=O) groups is 1. The Labute approximate surface area is 186 Å². The van der Waals surface area contributed by atoms with Gasteiger partial charge < -0.3 is 10.0 Å². The highest BCUT2D eigenvalue weighted by Gasteiger charge is 2.59. The lowest BCUT2D eigenvalue weighted by Gasteiger charge is -2.56. The van der Waals surface area contributed by atoms with Gasteiger partial charge in [-0.2, -0.15) is 0 Å². The first-order valence-electron chi connectivity index (χ1n) is 11.0. The highest BCUT2D eigenvalue weighted by Crippen LogP contribution is 2.56. The van der Waals surface area contributed by atoms with Crippen LogP contribution in [0.15, 0.2) is 72.8 Å². The van der Waals surface area contributed by atoms with Crippen LogP contribution >= 0.6 is 0 Å². The molecule has 0 spiro atoms. The molecule has 164 valence electrons. The van der Waals surface area contributed by atoms with Crippen LogP contribution in [0.25, 0.3) is 0 Å². The number of phenolic OH excluding ortho intramolecular Hbond substituents is 1. The van der Waals surface area contributed by atoms with Crippen LogP contribution in [0.1, 0.15) is 43.7 Å². The second kappa shape index (κ2) is 7.44. The number of aromatic hydroxyl groups is 1. The Balaban J connectivity index is 1.44. The summed E-state index contributed by atoms with van der Waals surface area (Å²) in [7, 11) is 0. The van der Waals surface area contributed by atoms with E-state index in [4.69, 9.17) is 0 Å². The van der Waals surface area contributed by atoms with Crippen molar-refractivity contribution in [1.29, 1.82) is 0 Å². The Kier molecular flexibility index (Phi) is 4.81. The molecule has 2 aliphatic rings. The fraction of sp³-hybridized carbons (Fsp3) is 0.296. The van der Waals surface area contributed by atoms with Crippen molar-refractivity contribution in [3.63, 3.8) is 0 Å². The van der Waals surface area contributed by atoms with E-state index in [1.54, 1.807) is 29.2 Å². The van der Waals surface area contributed by atoms with Gasteiger partial charge in [-0.1, -0.05) is 24.3 Å². The number of rotatable bonds is 6. The van der Waals surface area contributed by atoms with Crippen molar-refractivity contribution in [2.24, 2.45) is 5.92 Å². The Hall–Kier alpha value is -3.21. The topological polar surface area (TPSA) is 40.5 Å². The van der Waals surface area contributed by atoms with E-state index in [1.165, 1.54) is 24.3 Å². The Morgan fingerprint density at radius 2 is 1.41 bits per heavy atom. The second-order valence-electron chi connectivity index (χ2n) is 9.22. The normalized spacial score (nSPS) is 23.7. The zero-order chi connectivity index (χ0) is 22.5. The molecule has 1 amide bonds. The van der Waals surface area contributed by atoms with E-state index in [0.29, 0.717) is 12.1 Å². The molecule has 0 bridgehead atoms. The molecule has 0 aromatic heterocycles. The molecule has 5 rings (SSSR count). The summed E-state index contributed by atoms with van der Waals surface area (Å²) in [6, 6.07) is 19.6. The average Bonchev–Trinajstić information content (AvgIpc) is 3.57. The van der Waals surface area contributed by atoms with Crippen LogP contribution in [-0.2, 0) is 15.7 Å². The number of anilines is 1. The van der Waals surface area contributed by atoms with Crippen LogP contribution < -0.4 is 4.90 Å². The Morgan fingerprint density at radius 1 is 0.875 bits per heavy atom. The summed E-state index contributed by atoms with van der Waals surface area (Å²) in [6.07, 6.45) is 3.62. The van der Waals surface area contributed by atoms with Gasteiger partial charge in [-0.15, -0.1) is 0 Å². The first kappa shape index (κ1) is 20.7. The highest BCUT2D eigenvalue weighted by atomic mass is 19.1. The quantitative estimate of drug-likeness (QED) is 0.480. The maximum absolute atomic E-state index is 13.5. The molecule has 32 heavy (non-hydrogen) atoms. The molecular weight excluding hydrogens is 408 g/mol. The van der Waals surface area contributed by atoms with Crippen LogP contribution in [0.2, 0.25) is 0 Å². The van der Waals surface area contributed by atoms with Gasteiger partial charge in [0.1, 0.15) is 17.4 Å². The van der Waals surface area contributed by atoms with Gasteiger partial charge in [-0.3, -0.25) is 4.79 Å². The van der Waals surface area contributed by atoms with Gasteiger partial charge in [-0.05, 0) is 97.7 Å². The van der Waals surface area contributed by atoms with Crippen molar-refractivity contribution in [2.75, 3.05) is 4.90 Å². The number of halogens is 2. The molecule has 1 N–H and O–H groups in total. The number of phenols is 1. The van der Waals surface area contributed by atoms with E-state index in [1.807, 2.05) is 31.2 Å². The van der Waals surface area contributed by atoms with Gasteiger partial charge in [0.25, 0.3) is 0 Å². The lowest BCUT2D eigenvalue weighted by Crippen LogP contribution is -2.67. The molecule has 1 unspecified atom stereocenters. The van der Waals surface area contributed by atoms with E-state index in [0.717, 1.165) is 30.4 Å². The van der Waals surface area contributed by atoms with Crippen molar-refractivity contribution < 1.29 is 18.7 Å². The monoisotopic (exact) mass is 433 g/mol.